The van der Waals surface area contributed by atoms with Crippen molar-refractivity contribution in [3.63, 3.8) is 0 Å². The monoisotopic (exact) mass is 183 g/mol. The van der Waals surface area contributed by atoms with E-state index < -0.39 is 0 Å². The molecular formula is C10H14FNO. The second-order valence-corrected chi connectivity index (χ2v) is 3.14. The van der Waals surface area contributed by atoms with Crippen LogP contribution in [0.1, 0.15) is 19.4 Å². The van der Waals surface area contributed by atoms with Gasteiger partial charge in [-0.1, -0.05) is 6.07 Å². The Kier molecular flexibility index (Phi) is 3.25. The predicted molar refractivity (Wildman–Crippen MR) is 50.1 cm³/mol. The Balaban J connectivity index is 2.85. The van der Waals surface area contributed by atoms with Gasteiger partial charge in [-0.2, -0.15) is 0 Å². The molecule has 1 rings (SSSR count). The molecule has 2 nitrogen and oxygen atoms in total. The molecule has 0 heterocycles. The van der Waals surface area contributed by atoms with E-state index in [2.05, 4.69) is 0 Å². The van der Waals surface area contributed by atoms with Crippen LogP contribution in [0.15, 0.2) is 18.2 Å². The summed E-state index contributed by atoms with van der Waals surface area (Å²) >= 11 is 0. The van der Waals surface area contributed by atoms with Crippen molar-refractivity contribution < 1.29 is 9.13 Å². The average Bonchev–Trinajstić information content (AvgIpc) is 2.08. The Morgan fingerprint density at radius 3 is 2.62 bits per heavy atom. The topological polar surface area (TPSA) is 35.2 Å². The SMILES string of the molecule is CC(C)Oc1ccc(CN)cc1F. The van der Waals surface area contributed by atoms with Crippen LogP contribution in [0.3, 0.4) is 0 Å². The molecule has 2 N–H and O–H groups in total. The number of rotatable bonds is 3. The van der Waals surface area contributed by atoms with Crippen molar-refractivity contribution in [2.45, 2.75) is 26.5 Å². The minimum atomic E-state index is -0.350. The summed E-state index contributed by atoms with van der Waals surface area (Å²) < 4.78 is 18.4. The molecule has 13 heavy (non-hydrogen) atoms. The number of halogens is 1. The molecule has 0 amide bonds. The third-order valence-electron chi connectivity index (χ3n) is 1.59. The van der Waals surface area contributed by atoms with Crippen molar-refractivity contribution >= 4 is 0 Å². The smallest absolute Gasteiger partial charge is 0.165 e. The summed E-state index contributed by atoms with van der Waals surface area (Å²) in [5.74, 6) is -0.0659. The molecule has 0 radical (unpaired) electrons. The Morgan fingerprint density at radius 1 is 1.46 bits per heavy atom. The summed E-state index contributed by atoms with van der Waals surface area (Å²) in [5, 5.41) is 0. The lowest BCUT2D eigenvalue weighted by atomic mass is 10.2. The predicted octanol–water partition coefficient (Wildman–Crippen LogP) is 2.07. The Labute approximate surface area is 77.5 Å². The summed E-state index contributed by atoms with van der Waals surface area (Å²) in [6.07, 6.45) is -0.0155. The van der Waals surface area contributed by atoms with E-state index in [1.54, 1.807) is 12.1 Å². The van der Waals surface area contributed by atoms with Gasteiger partial charge in [-0.3, -0.25) is 0 Å². The van der Waals surface area contributed by atoms with Gasteiger partial charge in [0.1, 0.15) is 0 Å². The number of nitrogens with two attached hydrogens (primary N) is 1. The standard InChI is InChI=1S/C10H14FNO/c1-7(2)13-10-4-3-8(6-12)5-9(10)11/h3-5,7H,6,12H2,1-2H3. The molecule has 1 aromatic carbocycles. The number of hydrogen-bond acceptors (Lipinski definition) is 2. The van der Waals surface area contributed by atoms with Crippen LogP contribution in [0, 0.1) is 5.82 Å². The van der Waals surface area contributed by atoms with Crippen LogP contribution in [0.4, 0.5) is 4.39 Å². The van der Waals surface area contributed by atoms with E-state index in [0.29, 0.717) is 6.54 Å². The first-order valence-electron chi connectivity index (χ1n) is 4.28. The highest BCUT2D eigenvalue weighted by Crippen LogP contribution is 2.19. The van der Waals surface area contributed by atoms with Gasteiger partial charge in [0.25, 0.3) is 0 Å². The molecule has 3 heteroatoms. The molecular weight excluding hydrogens is 169 g/mol. The summed E-state index contributed by atoms with van der Waals surface area (Å²) in [6.45, 7) is 4.06. The number of benzene rings is 1. The quantitative estimate of drug-likeness (QED) is 0.778. The fourth-order valence-corrected chi connectivity index (χ4v) is 1.02. The van der Waals surface area contributed by atoms with Gasteiger partial charge in [-0.05, 0) is 31.5 Å². The second kappa shape index (κ2) is 4.23. The summed E-state index contributed by atoms with van der Waals surface area (Å²) in [4.78, 5) is 0. The molecule has 0 unspecified atom stereocenters. The van der Waals surface area contributed by atoms with E-state index in [9.17, 15) is 4.39 Å². The lowest BCUT2D eigenvalue weighted by molar-refractivity contribution is 0.231. The zero-order valence-corrected chi connectivity index (χ0v) is 7.88. The van der Waals surface area contributed by atoms with Crippen LogP contribution < -0.4 is 10.5 Å². The highest BCUT2D eigenvalue weighted by atomic mass is 19.1. The second-order valence-electron chi connectivity index (χ2n) is 3.14. The van der Waals surface area contributed by atoms with E-state index in [1.807, 2.05) is 13.8 Å². The van der Waals surface area contributed by atoms with Gasteiger partial charge >= 0.3 is 0 Å². The first-order chi connectivity index (χ1) is 6.13. The lowest BCUT2D eigenvalue weighted by Crippen LogP contribution is -2.07. The third-order valence-corrected chi connectivity index (χ3v) is 1.59. The first kappa shape index (κ1) is 9.99. The molecule has 0 fully saturated rings. The van der Waals surface area contributed by atoms with Gasteiger partial charge in [-0.25, -0.2) is 4.39 Å². The van der Waals surface area contributed by atoms with Crippen LogP contribution in [-0.2, 0) is 6.54 Å². The average molecular weight is 183 g/mol. The molecule has 0 aromatic heterocycles. The summed E-state index contributed by atoms with van der Waals surface area (Å²) in [7, 11) is 0. The van der Waals surface area contributed by atoms with Gasteiger partial charge < -0.3 is 10.5 Å². The third kappa shape index (κ3) is 2.70. The van der Waals surface area contributed by atoms with Crippen LogP contribution in [0.5, 0.6) is 5.75 Å². The van der Waals surface area contributed by atoms with E-state index in [4.69, 9.17) is 10.5 Å². The molecule has 0 saturated carbocycles. The first-order valence-corrected chi connectivity index (χ1v) is 4.28. The van der Waals surface area contributed by atoms with Crippen molar-refractivity contribution in [1.82, 2.24) is 0 Å². The zero-order valence-electron chi connectivity index (χ0n) is 7.88. The van der Waals surface area contributed by atoms with Gasteiger partial charge in [0.15, 0.2) is 11.6 Å². The minimum Gasteiger partial charge on any atom is -0.488 e. The molecule has 0 aliphatic heterocycles. The maximum absolute atomic E-state index is 13.2. The molecule has 0 atom stereocenters. The largest absolute Gasteiger partial charge is 0.488 e. The van der Waals surface area contributed by atoms with Crippen molar-refractivity contribution in [2.24, 2.45) is 5.73 Å². The Morgan fingerprint density at radius 2 is 2.15 bits per heavy atom. The highest BCUT2D eigenvalue weighted by molar-refractivity contribution is 5.29. The van der Waals surface area contributed by atoms with Gasteiger partial charge in [0.05, 0.1) is 6.10 Å². The van der Waals surface area contributed by atoms with Crippen LogP contribution in [-0.4, -0.2) is 6.10 Å². The van der Waals surface area contributed by atoms with Crippen molar-refractivity contribution in [1.29, 1.82) is 0 Å². The van der Waals surface area contributed by atoms with Crippen LogP contribution >= 0.6 is 0 Å². The van der Waals surface area contributed by atoms with Gasteiger partial charge in [0, 0.05) is 6.54 Å². The van der Waals surface area contributed by atoms with E-state index >= 15 is 0 Å². The molecule has 0 aliphatic rings. The Hall–Kier alpha value is -1.09. The maximum atomic E-state index is 13.2. The van der Waals surface area contributed by atoms with Crippen molar-refractivity contribution in [3.8, 4) is 5.75 Å². The van der Waals surface area contributed by atoms with Crippen LogP contribution in [0.25, 0.3) is 0 Å². The van der Waals surface area contributed by atoms with Crippen LogP contribution in [0.2, 0.25) is 0 Å². The van der Waals surface area contributed by atoms with E-state index in [-0.39, 0.29) is 17.7 Å². The fraction of sp³-hybridized carbons (Fsp3) is 0.400. The molecule has 0 aliphatic carbocycles. The number of hydrogen-bond donors (Lipinski definition) is 1. The fourth-order valence-electron chi connectivity index (χ4n) is 1.02. The molecule has 0 saturated heterocycles. The Bertz CT molecular complexity index is 286. The summed E-state index contributed by atoms with van der Waals surface area (Å²) in [5.41, 5.74) is 6.13. The van der Waals surface area contributed by atoms with Gasteiger partial charge in [-0.15, -0.1) is 0 Å². The lowest BCUT2D eigenvalue weighted by Gasteiger charge is -2.10. The van der Waals surface area contributed by atoms with Crippen molar-refractivity contribution in [3.05, 3.63) is 29.6 Å². The highest BCUT2D eigenvalue weighted by Gasteiger charge is 2.05. The van der Waals surface area contributed by atoms with Crippen molar-refractivity contribution in [2.75, 3.05) is 0 Å². The molecule has 72 valence electrons. The normalized spacial score (nSPS) is 10.5. The van der Waals surface area contributed by atoms with Gasteiger partial charge in [0.2, 0.25) is 0 Å². The summed E-state index contributed by atoms with van der Waals surface area (Å²) in [6, 6.07) is 4.77. The molecule has 1 aromatic rings. The van der Waals surface area contributed by atoms with E-state index in [0.717, 1.165) is 5.56 Å². The molecule has 0 bridgehead atoms. The maximum Gasteiger partial charge on any atom is 0.165 e. The number of ether oxygens (including phenoxy) is 1. The molecule has 0 spiro atoms. The minimum absolute atomic E-state index is 0.0155. The van der Waals surface area contributed by atoms with E-state index in [1.165, 1.54) is 6.07 Å². The zero-order chi connectivity index (χ0) is 9.84.